The molecule has 0 saturated heterocycles. The molecule has 0 aliphatic heterocycles. The highest BCUT2D eigenvalue weighted by Gasteiger charge is 2.00. The summed E-state index contributed by atoms with van der Waals surface area (Å²) in [6.07, 6.45) is 2.55. The molecule has 0 heterocycles. The molecule has 2 heteroatoms. The lowest BCUT2D eigenvalue weighted by Crippen LogP contribution is -2.14. The van der Waals surface area contributed by atoms with Crippen LogP contribution in [0.5, 0.6) is 0 Å². The SMILES string of the molecule is COCC(C)CCCN(C)C. The summed E-state index contributed by atoms with van der Waals surface area (Å²) in [5, 5.41) is 0. The normalized spacial score (nSPS) is 13.9. The van der Waals surface area contributed by atoms with Crippen molar-refractivity contribution in [1.29, 1.82) is 0 Å². The Labute approximate surface area is 70.5 Å². The molecule has 0 N–H and O–H groups in total. The Kier molecular flexibility index (Phi) is 6.57. The molecule has 0 aromatic heterocycles. The smallest absolute Gasteiger partial charge is 0.0487 e. The summed E-state index contributed by atoms with van der Waals surface area (Å²) in [6.45, 7) is 4.32. The third-order valence-electron chi connectivity index (χ3n) is 1.75. The van der Waals surface area contributed by atoms with Crippen molar-refractivity contribution < 1.29 is 4.74 Å². The number of methoxy groups -OCH3 is 1. The first-order valence-corrected chi connectivity index (χ1v) is 4.30. The van der Waals surface area contributed by atoms with Gasteiger partial charge in [-0.3, -0.25) is 0 Å². The van der Waals surface area contributed by atoms with Crippen molar-refractivity contribution in [2.45, 2.75) is 19.8 Å². The predicted octanol–water partition coefficient (Wildman–Crippen LogP) is 1.61. The van der Waals surface area contributed by atoms with Gasteiger partial charge in [0.05, 0.1) is 0 Å². The Balaban J connectivity index is 3.10. The topological polar surface area (TPSA) is 12.5 Å². The van der Waals surface area contributed by atoms with E-state index < -0.39 is 0 Å². The van der Waals surface area contributed by atoms with Gasteiger partial charge in [0.1, 0.15) is 0 Å². The van der Waals surface area contributed by atoms with E-state index in [2.05, 4.69) is 25.9 Å². The Hall–Kier alpha value is -0.0800. The molecule has 0 amide bonds. The van der Waals surface area contributed by atoms with Crippen molar-refractivity contribution in [2.24, 2.45) is 5.92 Å². The van der Waals surface area contributed by atoms with E-state index >= 15 is 0 Å². The summed E-state index contributed by atoms with van der Waals surface area (Å²) >= 11 is 0. The lowest BCUT2D eigenvalue weighted by Gasteiger charge is -2.12. The van der Waals surface area contributed by atoms with Crippen LogP contribution in [0, 0.1) is 5.92 Å². The van der Waals surface area contributed by atoms with Crippen LogP contribution in [0.25, 0.3) is 0 Å². The molecule has 0 aromatic carbocycles. The molecular weight excluding hydrogens is 138 g/mol. The second-order valence-electron chi connectivity index (χ2n) is 3.51. The minimum Gasteiger partial charge on any atom is -0.384 e. The van der Waals surface area contributed by atoms with Gasteiger partial charge in [-0.1, -0.05) is 6.92 Å². The number of ether oxygens (including phenoxy) is 1. The second kappa shape index (κ2) is 6.62. The average molecular weight is 159 g/mol. The molecule has 1 unspecified atom stereocenters. The molecule has 0 aromatic rings. The Morgan fingerprint density at radius 1 is 1.36 bits per heavy atom. The van der Waals surface area contributed by atoms with E-state index in [-0.39, 0.29) is 0 Å². The lowest BCUT2D eigenvalue weighted by molar-refractivity contribution is 0.153. The first-order valence-electron chi connectivity index (χ1n) is 4.30. The third kappa shape index (κ3) is 7.82. The van der Waals surface area contributed by atoms with Gasteiger partial charge < -0.3 is 9.64 Å². The van der Waals surface area contributed by atoms with Crippen molar-refractivity contribution in [1.82, 2.24) is 4.90 Å². The number of hydrogen-bond acceptors (Lipinski definition) is 2. The zero-order valence-corrected chi connectivity index (χ0v) is 8.26. The zero-order valence-electron chi connectivity index (χ0n) is 8.26. The summed E-state index contributed by atoms with van der Waals surface area (Å²) in [5.74, 6) is 0.708. The third-order valence-corrected chi connectivity index (χ3v) is 1.75. The Morgan fingerprint density at radius 2 is 2.00 bits per heavy atom. The van der Waals surface area contributed by atoms with Crippen LogP contribution in [0.1, 0.15) is 19.8 Å². The van der Waals surface area contributed by atoms with Gasteiger partial charge in [0.2, 0.25) is 0 Å². The van der Waals surface area contributed by atoms with Gasteiger partial charge in [-0.15, -0.1) is 0 Å². The van der Waals surface area contributed by atoms with E-state index in [1.807, 2.05) is 0 Å². The van der Waals surface area contributed by atoms with Gasteiger partial charge in [0.15, 0.2) is 0 Å². The maximum atomic E-state index is 5.05. The largest absolute Gasteiger partial charge is 0.384 e. The number of rotatable bonds is 6. The lowest BCUT2D eigenvalue weighted by atomic mass is 10.1. The fourth-order valence-electron chi connectivity index (χ4n) is 1.12. The Bertz CT molecular complexity index is 83.6. The van der Waals surface area contributed by atoms with Crippen LogP contribution < -0.4 is 0 Å². The van der Waals surface area contributed by atoms with Gasteiger partial charge in [-0.05, 0) is 39.4 Å². The Morgan fingerprint density at radius 3 is 2.45 bits per heavy atom. The first kappa shape index (κ1) is 10.9. The van der Waals surface area contributed by atoms with Gasteiger partial charge in [-0.25, -0.2) is 0 Å². The quantitative estimate of drug-likeness (QED) is 0.584. The van der Waals surface area contributed by atoms with E-state index in [1.165, 1.54) is 19.4 Å². The molecule has 0 saturated carbocycles. The van der Waals surface area contributed by atoms with E-state index in [0.29, 0.717) is 5.92 Å². The molecule has 0 radical (unpaired) electrons. The second-order valence-corrected chi connectivity index (χ2v) is 3.51. The minimum atomic E-state index is 0.708. The van der Waals surface area contributed by atoms with Crippen LogP contribution in [-0.2, 0) is 4.74 Å². The molecule has 1 atom stereocenters. The monoisotopic (exact) mass is 159 g/mol. The van der Waals surface area contributed by atoms with Gasteiger partial charge in [-0.2, -0.15) is 0 Å². The molecule has 68 valence electrons. The summed E-state index contributed by atoms with van der Waals surface area (Å²) in [6, 6.07) is 0. The highest BCUT2D eigenvalue weighted by atomic mass is 16.5. The van der Waals surface area contributed by atoms with Crippen LogP contribution in [0.4, 0.5) is 0 Å². The molecular formula is C9H21NO. The standard InChI is InChI=1S/C9H21NO/c1-9(8-11-4)6-5-7-10(2)3/h9H,5-8H2,1-4H3. The minimum absolute atomic E-state index is 0.708. The van der Waals surface area contributed by atoms with Crippen molar-refractivity contribution >= 4 is 0 Å². The average Bonchev–Trinajstić information content (AvgIpc) is 1.87. The summed E-state index contributed by atoms with van der Waals surface area (Å²) < 4.78 is 5.05. The van der Waals surface area contributed by atoms with Crippen molar-refractivity contribution in [3.63, 3.8) is 0 Å². The number of hydrogen-bond donors (Lipinski definition) is 0. The van der Waals surface area contributed by atoms with Gasteiger partial charge in [0, 0.05) is 13.7 Å². The fraction of sp³-hybridized carbons (Fsp3) is 1.00. The number of nitrogens with zero attached hydrogens (tertiary/aromatic N) is 1. The predicted molar refractivity (Wildman–Crippen MR) is 48.8 cm³/mol. The van der Waals surface area contributed by atoms with Crippen molar-refractivity contribution in [3.8, 4) is 0 Å². The molecule has 2 nitrogen and oxygen atoms in total. The molecule has 0 aliphatic carbocycles. The fourth-order valence-corrected chi connectivity index (χ4v) is 1.12. The van der Waals surface area contributed by atoms with E-state index in [4.69, 9.17) is 4.74 Å². The summed E-state index contributed by atoms with van der Waals surface area (Å²) in [4.78, 5) is 2.22. The molecule has 11 heavy (non-hydrogen) atoms. The maximum absolute atomic E-state index is 5.05. The van der Waals surface area contributed by atoms with Gasteiger partial charge in [0.25, 0.3) is 0 Å². The molecule has 0 bridgehead atoms. The van der Waals surface area contributed by atoms with E-state index in [9.17, 15) is 0 Å². The first-order chi connectivity index (χ1) is 5.16. The zero-order chi connectivity index (χ0) is 8.69. The van der Waals surface area contributed by atoms with Crippen molar-refractivity contribution in [3.05, 3.63) is 0 Å². The highest BCUT2D eigenvalue weighted by molar-refractivity contribution is 4.53. The molecule has 0 aliphatic rings. The highest BCUT2D eigenvalue weighted by Crippen LogP contribution is 2.05. The molecule has 0 spiro atoms. The molecule has 0 fully saturated rings. The van der Waals surface area contributed by atoms with Crippen LogP contribution in [-0.4, -0.2) is 39.3 Å². The van der Waals surface area contributed by atoms with E-state index in [0.717, 1.165) is 6.61 Å². The van der Waals surface area contributed by atoms with Crippen LogP contribution in [0.3, 0.4) is 0 Å². The van der Waals surface area contributed by atoms with Crippen molar-refractivity contribution in [2.75, 3.05) is 34.4 Å². The van der Waals surface area contributed by atoms with Gasteiger partial charge >= 0.3 is 0 Å². The molecule has 0 rings (SSSR count). The summed E-state index contributed by atoms with van der Waals surface area (Å²) in [7, 11) is 5.99. The van der Waals surface area contributed by atoms with Crippen LogP contribution >= 0.6 is 0 Å². The van der Waals surface area contributed by atoms with Crippen LogP contribution in [0.15, 0.2) is 0 Å². The van der Waals surface area contributed by atoms with Crippen LogP contribution in [0.2, 0.25) is 0 Å². The maximum Gasteiger partial charge on any atom is 0.0487 e. The van der Waals surface area contributed by atoms with E-state index in [1.54, 1.807) is 7.11 Å². The summed E-state index contributed by atoms with van der Waals surface area (Å²) in [5.41, 5.74) is 0.